The topological polar surface area (TPSA) is 60.9 Å². The molecule has 1 atom stereocenters. The number of likely N-dealkylation sites (tertiary alicyclic amines) is 2. The zero-order valence-electron chi connectivity index (χ0n) is 9.48. The van der Waals surface area contributed by atoms with Crippen molar-refractivity contribution in [2.75, 3.05) is 19.6 Å². The van der Waals surface area contributed by atoms with E-state index in [4.69, 9.17) is 5.11 Å². The maximum atomic E-state index is 12.1. The molecule has 2 aliphatic heterocycles. The van der Waals surface area contributed by atoms with Gasteiger partial charge in [0, 0.05) is 19.1 Å². The molecule has 0 saturated carbocycles. The van der Waals surface area contributed by atoms with Crippen molar-refractivity contribution in [1.82, 2.24) is 9.80 Å². The van der Waals surface area contributed by atoms with Crippen LogP contribution in [0.25, 0.3) is 0 Å². The summed E-state index contributed by atoms with van der Waals surface area (Å²) in [4.78, 5) is 24.2. The number of amides is 1. The van der Waals surface area contributed by atoms with Crippen LogP contribution in [0, 0.1) is 0 Å². The second kappa shape index (κ2) is 4.42. The minimum Gasteiger partial charge on any atom is -0.480 e. The van der Waals surface area contributed by atoms with Gasteiger partial charge in [0.1, 0.15) is 6.04 Å². The molecule has 2 fully saturated rings. The summed E-state index contributed by atoms with van der Waals surface area (Å²) in [6.45, 7) is 0.486. The fraction of sp³-hybridized carbons (Fsp3) is 0.800. The second-order valence-electron chi connectivity index (χ2n) is 4.60. The van der Waals surface area contributed by atoms with E-state index in [0.717, 1.165) is 6.42 Å². The van der Waals surface area contributed by atoms with E-state index in [1.54, 1.807) is 4.90 Å². The van der Waals surface area contributed by atoms with Crippen molar-refractivity contribution in [2.24, 2.45) is 0 Å². The van der Waals surface area contributed by atoms with Crippen LogP contribution in [0.2, 0.25) is 0 Å². The van der Waals surface area contributed by atoms with Crippen molar-refractivity contribution in [3.63, 3.8) is 0 Å². The first kappa shape index (κ1) is 13.1. The Morgan fingerprint density at radius 1 is 1.22 bits per heavy atom. The smallest absolute Gasteiger partial charge is 0.471 e. The van der Waals surface area contributed by atoms with Gasteiger partial charge in [0.05, 0.1) is 0 Å². The van der Waals surface area contributed by atoms with Crippen molar-refractivity contribution < 1.29 is 27.9 Å². The Morgan fingerprint density at radius 2 is 1.83 bits per heavy atom. The molecule has 1 amide bonds. The highest BCUT2D eigenvalue weighted by Crippen LogP contribution is 2.28. The molecule has 0 aromatic carbocycles. The molecule has 0 bridgehead atoms. The summed E-state index contributed by atoms with van der Waals surface area (Å²) in [6.07, 6.45) is -3.61. The van der Waals surface area contributed by atoms with E-state index in [9.17, 15) is 22.8 Å². The zero-order valence-corrected chi connectivity index (χ0v) is 9.48. The highest BCUT2D eigenvalue weighted by molar-refractivity contribution is 5.82. The number of hydrogen-bond acceptors (Lipinski definition) is 3. The second-order valence-corrected chi connectivity index (χ2v) is 4.60. The number of carbonyl (C=O) groups excluding carboxylic acids is 1. The van der Waals surface area contributed by atoms with Crippen molar-refractivity contribution in [2.45, 2.75) is 31.1 Å². The van der Waals surface area contributed by atoms with Crippen LogP contribution in [0.5, 0.6) is 0 Å². The molecule has 2 rings (SSSR count). The van der Waals surface area contributed by atoms with Crippen LogP contribution in [-0.4, -0.2) is 64.7 Å². The summed E-state index contributed by atoms with van der Waals surface area (Å²) < 4.78 is 36.4. The minimum absolute atomic E-state index is 0.0396. The molecule has 18 heavy (non-hydrogen) atoms. The van der Waals surface area contributed by atoms with E-state index in [2.05, 4.69) is 0 Å². The Bertz CT molecular complexity index is 366. The first-order valence-electron chi connectivity index (χ1n) is 5.65. The van der Waals surface area contributed by atoms with Gasteiger partial charge in [-0.1, -0.05) is 0 Å². The number of hydrogen-bond donors (Lipinski definition) is 1. The van der Waals surface area contributed by atoms with E-state index >= 15 is 0 Å². The molecule has 2 aliphatic rings. The molecule has 2 saturated heterocycles. The van der Waals surface area contributed by atoms with Crippen LogP contribution >= 0.6 is 0 Å². The molecule has 0 aromatic rings. The predicted octanol–water partition coefficient (Wildman–Crippen LogP) is 0.308. The third kappa shape index (κ3) is 2.29. The first-order valence-corrected chi connectivity index (χ1v) is 5.65. The highest BCUT2D eigenvalue weighted by atomic mass is 19.4. The lowest BCUT2D eigenvalue weighted by Gasteiger charge is -2.45. The van der Waals surface area contributed by atoms with E-state index in [1.165, 1.54) is 0 Å². The Kier molecular flexibility index (Phi) is 3.22. The summed E-state index contributed by atoms with van der Waals surface area (Å²) >= 11 is 0. The summed E-state index contributed by atoms with van der Waals surface area (Å²) in [6, 6.07) is -0.891. The largest absolute Gasteiger partial charge is 0.480 e. The summed E-state index contributed by atoms with van der Waals surface area (Å²) in [5.74, 6) is -2.79. The van der Waals surface area contributed by atoms with Gasteiger partial charge in [-0.25, -0.2) is 0 Å². The number of rotatable bonds is 2. The average Bonchev–Trinajstić information content (AvgIpc) is 2.62. The van der Waals surface area contributed by atoms with E-state index in [-0.39, 0.29) is 19.1 Å². The summed E-state index contributed by atoms with van der Waals surface area (Å²) in [5, 5.41) is 8.95. The maximum absolute atomic E-state index is 12.1. The predicted molar refractivity (Wildman–Crippen MR) is 53.8 cm³/mol. The van der Waals surface area contributed by atoms with E-state index < -0.39 is 24.1 Å². The minimum atomic E-state index is -4.85. The third-order valence-electron chi connectivity index (χ3n) is 3.44. The average molecular weight is 266 g/mol. The molecule has 0 aromatic heterocycles. The quantitative estimate of drug-likeness (QED) is 0.781. The number of halogens is 3. The number of alkyl halides is 3. The number of aliphatic carboxylic acids is 1. The van der Waals surface area contributed by atoms with Gasteiger partial charge in [-0.2, -0.15) is 13.2 Å². The van der Waals surface area contributed by atoms with Gasteiger partial charge in [-0.15, -0.1) is 0 Å². The lowest BCUT2D eigenvalue weighted by atomic mass is 10.1. The van der Waals surface area contributed by atoms with Crippen LogP contribution in [0.1, 0.15) is 12.8 Å². The Labute approximate surface area is 101 Å². The fourth-order valence-electron chi connectivity index (χ4n) is 2.50. The van der Waals surface area contributed by atoms with Gasteiger partial charge in [0.15, 0.2) is 0 Å². The highest BCUT2D eigenvalue weighted by Gasteiger charge is 2.49. The van der Waals surface area contributed by atoms with Crippen LogP contribution in [0.3, 0.4) is 0 Å². The molecular formula is C10H13F3N2O3. The standard InChI is InChI=1S/C10H13F3N2O3/c11-10(12,13)9(18)14-4-6(5-14)15-3-1-2-7(15)8(16)17/h6-7H,1-5H2,(H,16,17)/t7-/m1/s1. The fourth-order valence-corrected chi connectivity index (χ4v) is 2.50. The molecule has 102 valence electrons. The van der Waals surface area contributed by atoms with Crippen molar-refractivity contribution >= 4 is 11.9 Å². The first-order chi connectivity index (χ1) is 8.30. The third-order valence-corrected chi connectivity index (χ3v) is 3.44. The lowest BCUT2D eigenvalue weighted by Crippen LogP contribution is -2.64. The number of carboxylic acid groups (broad SMARTS) is 1. The van der Waals surface area contributed by atoms with Gasteiger partial charge >= 0.3 is 18.1 Å². The Balaban J connectivity index is 1.89. The van der Waals surface area contributed by atoms with Gasteiger partial charge in [-0.3, -0.25) is 14.5 Å². The number of carboxylic acids is 1. The van der Waals surface area contributed by atoms with Gasteiger partial charge in [0.25, 0.3) is 0 Å². The van der Waals surface area contributed by atoms with Crippen LogP contribution < -0.4 is 0 Å². The molecule has 0 radical (unpaired) electrons. The number of nitrogens with zero attached hydrogens (tertiary/aromatic N) is 2. The van der Waals surface area contributed by atoms with Crippen LogP contribution in [0.4, 0.5) is 13.2 Å². The van der Waals surface area contributed by atoms with Crippen molar-refractivity contribution in [3.05, 3.63) is 0 Å². The molecule has 0 unspecified atom stereocenters. The monoisotopic (exact) mass is 266 g/mol. The van der Waals surface area contributed by atoms with E-state index in [1.807, 2.05) is 0 Å². The van der Waals surface area contributed by atoms with Crippen molar-refractivity contribution in [3.8, 4) is 0 Å². The van der Waals surface area contributed by atoms with Gasteiger partial charge < -0.3 is 10.0 Å². The molecule has 8 heteroatoms. The Hall–Kier alpha value is -1.31. The van der Waals surface area contributed by atoms with Gasteiger partial charge in [0.2, 0.25) is 0 Å². The molecule has 1 N–H and O–H groups in total. The molecule has 5 nitrogen and oxygen atoms in total. The molecule has 0 aliphatic carbocycles. The molecule has 0 spiro atoms. The van der Waals surface area contributed by atoms with E-state index in [0.29, 0.717) is 17.9 Å². The summed E-state index contributed by atoms with van der Waals surface area (Å²) in [7, 11) is 0. The SMILES string of the molecule is O=C(O)[C@H]1CCCN1C1CN(C(=O)C(F)(F)F)C1. The maximum Gasteiger partial charge on any atom is 0.471 e. The Morgan fingerprint density at radius 3 is 2.33 bits per heavy atom. The van der Waals surface area contributed by atoms with Crippen molar-refractivity contribution in [1.29, 1.82) is 0 Å². The summed E-state index contributed by atoms with van der Waals surface area (Å²) in [5.41, 5.74) is 0. The number of carbonyl (C=O) groups is 2. The van der Waals surface area contributed by atoms with Crippen LogP contribution in [0.15, 0.2) is 0 Å². The zero-order chi connectivity index (χ0) is 13.5. The lowest BCUT2D eigenvalue weighted by molar-refractivity contribution is -0.192. The normalized spacial score (nSPS) is 26.2. The molecular weight excluding hydrogens is 253 g/mol. The van der Waals surface area contributed by atoms with Gasteiger partial charge in [-0.05, 0) is 19.4 Å². The van der Waals surface area contributed by atoms with Crippen LogP contribution in [-0.2, 0) is 9.59 Å². The molecule has 2 heterocycles.